The van der Waals surface area contributed by atoms with Crippen molar-refractivity contribution in [1.29, 1.82) is 0 Å². The van der Waals surface area contributed by atoms with Gasteiger partial charge in [0.25, 0.3) is 0 Å². The molecule has 1 fully saturated rings. The van der Waals surface area contributed by atoms with Gasteiger partial charge in [0.1, 0.15) is 0 Å². The Kier molecular flexibility index (Phi) is 3.71. The van der Waals surface area contributed by atoms with Crippen molar-refractivity contribution >= 4 is 5.91 Å². The quantitative estimate of drug-likeness (QED) is 0.857. The minimum Gasteiger partial charge on any atom is -0.348 e. The molecule has 0 aromatic heterocycles. The van der Waals surface area contributed by atoms with Crippen LogP contribution in [0, 0.1) is 11.3 Å². The predicted molar refractivity (Wildman–Crippen MR) is 73.1 cm³/mol. The van der Waals surface area contributed by atoms with Crippen LogP contribution in [0.25, 0.3) is 0 Å². The molecule has 2 rings (SSSR count). The van der Waals surface area contributed by atoms with Crippen LogP contribution in [0.2, 0.25) is 0 Å². The molecule has 0 saturated carbocycles. The van der Waals surface area contributed by atoms with E-state index in [2.05, 4.69) is 43.5 Å². The van der Waals surface area contributed by atoms with Crippen molar-refractivity contribution < 1.29 is 4.79 Å². The maximum Gasteiger partial charge on any atom is 0.226 e. The average Bonchev–Trinajstić information content (AvgIpc) is 2.23. The molecule has 0 aliphatic carbocycles. The standard InChI is InChI=1S/C15H22N2O/c1-15(2,3)13(11-7-5-4-6-8-11)17-14(18)12-9-16-10-12/h4-8,12-13,16H,9-10H2,1-3H3,(H,17,18). The van der Waals surface area contributed by atoms with Crippen molar-refractivity contribution in [2.75, 3.05) is 13.1 Å². The summed E-state index contributed by atoms with van der Waals surface area (Å²) in [6.45, 7) is 8.08. The van der Waals surface area contributed by atoms with Gasteiger partial charge >= 0.3 is 0 Å². The second-order valence-electron chi connectivity index (χ2n) is 6.07. The number of amides is 1. The summed E-state index contributed by atoms with van der Waals surface area (Å²) < 4.78 is 0. The van der Waals surface area contributed by atoms with E-state index in [1.807, 2.05) is 18.2 Å². The van der Waals surface area contributed by atoms with E-state index in [-0.39, 0.29) is 23.3 Å². The number of hydrogen-bond acceptors (Lipinski definition) is 2. The Bertz CT molecular complexity index is 404. The molecular formula is C15H22N2O. The summed E-state index contributed by atoms with van der Waals surface area (Å²) in [5.41, 5.74) is 1.18. The molecule has 1 unspecified atom stereocenters. The fraction of sp³-hybridized carbons (Fsp3) is 0.533. The number of hydrogen-bond donors (Lipinski definition) is 2. The first-order valence-corrected chi connectivity index (χ1v) is 6.54. The summed E-state index contributed by atoms with van der Waals surface area (Å²) in [7, 11) is 0. The highest BCUT2D eigenvalue weighted by Gasteiger charge is 2.32. The monoisotopic (exact) mass is 246 g/mol. The third-order valence-electron chi connectivity index (χ3n) is 3.44. The topological polar surface area (TPSA) is 41.1 Å². The van der Waals surface area contributed by atoms with E-state index in [0.717, 1.165) is 13.1 Å². The number of carbonyl (C=O) groups is 1. The van der Waals surface area contributed by atoms with Gasteiger partial charge in [-0.25, -0.2) is 0 Å². The number of nitrogens with one attached hydrogen (secondary N) is 2. The Hall–Kier alpha value is -1.35. The van der Waals surface area contributed by atoms with Gasteiger partial charge < -0.3 is 10.6 Å². The van der Waals surface area contributed by atoms with Crippen LogP contribution in [0.5, 0.6) is 0 Å². The highest BCUT2D eigenvalue weighted by Crippen LogP contribution is 2.32. The van der Waals surface area contributed by atoms with E-state index in [9.17, 15) is 4.79 Å². The Balaban J connectivity index is 2.13. The molecule has 0 bridgehead atoms. The maximum atomic E-state index is 12.1. The largest absolute Gasteiger partial charge is 0.348 e. The normalized spacial score (nSPS) is 17.9. The third-order valence-corrected chi connectivity index (χ3v) is 3.44. The molecule has 1 amide bonds. The van der Waals surface area contributed by atoms with Crippen LogP contribution >= 0.6 is 0 Å². The van der Waals surface area contributed by atoms with Crippen LogP contribution < -0.4 is 10.6 Å². The molecule has 1 saturated heterocycles. The van der Waals surface area contributed by atoms with Crippen molar-refractivity contribution in [2.45, 2.75) is 26.8 Å². The Morgan fingerprint density at radius 2 is 1.89 bits per heavy atom. The summed E-state index contributed by atoms with van der Waals surface area (Å²) in [6, 6.07) is 10.3. The Labute approximate surface area is 109 Å². The smallest absolute Gasteiger partial charge is 0.226 e. The average molecular weight is 246 g/mol. The molecule has 2 N–H and O–H groups in total. The van der Waals surface area contributed by atoms with Crippen molar-refractivity contribution in [1.82, 2.24) is 10.6 Å². The molecule has 1 aliphatic heterocycles. The zero-order valence-electron chi connectivity index (χ0n) is 11.4. The third kappa shape index (κ3) is 2.91. The summed E-state index contributed by atoms with van der Waals surface area (Å²) in [4.78, 5) is 12.1. The van der Waals surface area contributed by atoms with Crippen molar-refractivity contribution in [3.05, 3.63) is 35.9 Å². The number of rotatable bonds is 3. The van der Waals surface area contributed by atoms with Gasteiger partial charge in [0.2, 0.25) is 5.91 Å². The molecule has 1 atom stereocenters. The van der Waals surface area contributed by atoms with Gasteiger partial charge in [-0.1, -0.05) is 51.1 Å². The molecule has 1 aromatic carbocycles. The molecule has 1 aromatic rings. The zero-order chi connectivity index (χ0) is 13.2. The van der Waals surface area contributed by atoms with Crippen LogP contribution in [-0.2, 0) is 4.79 Å². The molecule has 98 valence electrons. The lowest BCUT2D eigenvalue weighted by Crippen LogP contribution is -2.52. The number of carbonyl (C=O) groups excluding carboxylic acids is 1. The van der Waals surface area contributed by atoms with E-state index < -0.39 is 0 Å². The van der Waals surface area contributed by atoms with Gasteiger partial charge in [-0.2, -0.15) is 0 Å². The minimum atomic E-state index is 0.00812. The fourth-order valence-corrected chi connectivity index (χ4v) is 2.18. The van der Waals surface area contributed by atoms with E-state index in [0.29, 0.717) is 0 Å². The van der Waals surface area contributed by atoms with E-state index in [1.165, 1.54) is 5.56 Å². The van der Waals surface area contributed by atoms with Crippen molar-refractivity contribution in [3.8, 4) is 0 Å². The SMILES string of the molecule is CC(C)(C)C(NC(=O)C1CNC1)c1ccccc1. The van der Waals surface area contributed by atoms with E-state index >= 15 is 0 Å². The summed E-state index contributed by atoms with van der Waals surface area (Å²) in [5, 5.41) is 6.33. The summed E-state index contributed by atoms with van der Waals surface area (Å²) in [6.07, 6.45) is 0. The zero-order valence-corrected chi connectivity index (χ0v) is 11.4. The van der Waals surface area contributed by atoms with Crippen LogP contribution in [0.15, 0.2) is 30.3 Å². The van der Waals surface area contributed by atoms with Gasteiger partial charge in [0.15, 0.2) is 0 Å². The van der Waals surface area contributed by atoms with Crippen LogP contribution in [0.4, 0.5) is 0 Å². The van der Waals surface area contributed by atoms with Gasteiger partial charge in [0.05, 0.1) is 12.0 Å². The molecule has 3 heteroatoms. The van der Waals surface area contributed by atoms with Crippen LogP contribution in [0.3, 0.4) is 0 Å². The van der Waals surface area contributed by atoms with Crippen LogP contribution in [-0.4, -0.2) is 19.0 Å². The number of benzene rings is 1. The molecule has 18 heavy (non-hydrogen) atoms. The van der Waals surface area contributed by atoms with Crippen molar-refractivity contribution in [3.63, 3.8) is 0 Å². The fourth-order valence-electron chi connectivity index (χ4n) is 2.18. The molecule has 1 heterocycles. The summed E-state index contributed by atoms with van der Waals surface area (Å²) in [5.74, 6) is 0.302. The first kappa shape index (κ1) is 13.1. The van der Waals surface area contributed by atoms with E-state index in [1.54, 1.807) is 0 Å². The maximum absolute atomic E-state index is 12.1. The predicted octanol–water partition coefficient (Wildman–Crippen LogP) is 2.11. The second-order valence-corrected chi connectivity index (χ2v) is 6.07. The minimum absolute atomic E-state index is 0.00812. The van der Waals surface area contributed by atoms with Gasteiger partial charge in [-0.3, -0.25) is 4.79 Å². The van der Waals surface area contributed by atoms with Gasteiger partial charge in [-0.05, 0) is 11.0 Å². The molecule has 3 nitrogen and oxygen atoms in total. The van der Waals surface area contributed by atoms with Crippen LogP contribution in [0.1, 0.15) is 32.4 Å². The van der Waals surface area contributed by atoms with Gasteiger partial charge in [-0.15, -0.1) is 0 Å². The lowest BCUT2D eigenvalue weighted by atomic mass is 9.82. The first-order valence-electron chi connectivity index (χ1n) is 6.54. The van der Waals surface area contributed by atoms with Gasteiger partial charge in [0, 0.05) is 13.1 Å². The molecular weight excluding hydrogens is 224 g/mol. The lowest BCUT2D eigenvalue weighted by Gasteiger charge is -2.35. The second kappa shape index (κ2) is 5.11. The molecule has 0 radical (unpaired) electrons. The highest BCUT2D eigenvalue weighted by molar-refractivity contribution is 5.80. The summed E-state index contributed by atoms with van der Waals surface area (Å²) >= 11 is 0. The first-order chi connectivity index (χ1) is 8.48. The Morgan fingerprint density at radius 3 is 2.33 bits per heavy atom. The highest BCUT2D eigenvalue weighted by atomic mass is 16.2. The lowest BCUT2D eigenvalue weighted by molar-refractivity contribution is -0.128. The van der Waals surface area contributed by atoms with E-state index in [4.69, 9.17) is 0 Å². The van der Waals surface area contributed by atoms with Crippen molar-refractivity contribution in [2.24, 2.45) is 11.3 Å². The molecule has 0 spiro atoms. The Morgan fingerprint density at radius 1 is 1.28 bits per heavy atom. The molecule has 1 aliphatic rings.